The van der Waals surface area contributed by atoms with Crippen molar-refractivity contribution in [2.24, 2.45) is 0 Å². The van der Waals surface area contributed by atoms with E-state index in [1.807, 2.05) is 0 Å². The third kappa shape index (κ3) is 8.76. The molecule has 0 bridgehead atoms. The van der Waals surface area contributed by atoms with Crippen LogP contribution in [0.15, 0.2) is 0 Å². The smallest absolute Gasteiger partial charge is 0.320 e. The van der Waals surface area contributed by atoms with Crippen molar-refractivity contribution in [3.63, 3.8) is 0 Å². The molecule has 4 nitrogen and oxygen atoms in total. The Morgan fingerprint density at radius 1 is 0.947 bits per heavy atom. The van der Waals surface area contributed by atoms with Crippen LogP contribution in [0.4, 0.5) is 0 Å². The van der Waals surface area contributed by atoms with Gasteiger partial charge in [0.1, 0.15) is 0 Å². The van der Waals surface area contributed by atoms with Crippen molar-refractivity contribution in [2.75, 3.05) is 27.4 Å². The van der Waals surface area contributed by atoms with Crippen molar-refractivity contribution in [2.45, 2.75) is 63.7 Å². The van der Waals surface area contributed by atoms with E-state index in [-0.39, 0.29) is 6.29 Å². The van der Waals surface area contributed by atoms with Gasteiger partial charge in [0.2, 0.25) is 0 Å². The van der Waals surface area contributed by atoms with Gasteiger partial charge in [0.05, 0.1) is 6.61 Å². The summed E-state index contributed by atoms with van der Waals surface area (Å²) in [6.07, 6.45) is 10.2. The number of hydrogen-bond acceptors (Lipinski definition) is 4. The number of hydrogen-bond donors (Lipinski definition) is 0. The third-order valence-corrected chi connectivity index (χ3v) is 5.50. The molecule has 1 rings (SSSR count). The van der Waals surface area contributed by atoms with Crippen molar-refractivity contribution in [1.29, 1.82) is 0 Å². The molecule has 0 radical (unpaired) electrons. The predicted octanol–water partition coefficient (Wildman–Crippen LogP) is 2.99. The zero-order valence-corrected chi connectivity index (χ0v) is 13.7. The molecule has 114 valence electrons. The summed E-state index contributed by atoms with van der Waals surface area (Å²) in [6, 6.07) is 1.14. The average molecular weight is 290 g/mol. The van der Waals surface area contributed by atoms with E-state index < -0.39 is 9.28 Å². The maximum absolute atomic E-state index is 5.53. The fourth-order valence-corrected chi connectivity index (χ4v) is 3.48. The summed E-state index contributed by atoms with van der Waals surface area (Å²) in [5.74, 6) is 0. The van der Waals surface area contributed by atoms with E-state index >= 15 is 0 Å². The molecule has 0 N–H and O–H groups in total. The highest BCUT2D eigenvalue weighted by Gasteiger charge is 2.17. The van der Waals surface area contributed by atoms with Crippen molar-refractivity contribution < 1.29 is 18.3 Å². The van der Waals surface area contributed by atoms with E-state index in [0.29, 0.717) is 0 Å². The van der Waals surface area contributed by atoms with Gasteiger partial charge < -0.3 is 18.3 Å². The van der Waals surface area contributed by atoms with Crippen molar-refractivity contribution in [3.8, 4) is 0 Å². The first-order valence-corrected chi connectivity index (χ1v) is 9.41. The number of ether oxygens (including phenoxy) is 2. The SMILES string of the molecule is CO[SiH](CCCCCCCCCOC1CCO1)OC. The normalized spacial score (nSPS) is 18.8. The minimum atomic E-state index is -1.30. The molecule has 1 heterocycles. The molecule has 0 saturated carbocycles. The summed E-state index contributed by atoms with van der Waals surface area (Å²) in [7, 11) is 2.22. The van der Waals surface area contributed by atoms with Gasteiger partial charge in [-0.15, -0.1) is 0 Å². The molecule has 0 aromatic carbocycles. The first kappa shape index (κ1) is 17.1. The Hall–Kier alpha value is 0.0569. The van der Waals surface area contributed by atoms with Gasteiger partial charge in [-0.05, 0) is 12.5 Å². The zero-order valence-electron chi connectivity index (χ0n) is 12.6. The highest BCUT2D eigenvalue weighted by Crippen LogP contribution is 2.14. The first-order valence-electron chi connectivity index (χ1n) is 7.65. The summed E-state index contributed by atoms with van der Waals surface area (Å²) in [5.41, 5.74) is 0. The van der Waals surface area contributed by atoms with E-state index in [0.717, 1.165) is 25.7 Å². The van der Waals surface area contributed by atoms with Gasteiger partial charge in [0.25, 0.3) is 0 Å². The van der Waals surface area contributed by atoms with Crippen LogP contribution < -0.4 is 0 Å². The Morgan fingerprint density at radius 3 is 2.05 bits per heavy atom. The second kappa shape index (κ2) is 11.8. The largest absolute Gasteiger partial charge is 0.400 e. The Bertz CT molecular complexity index is 196. The van der Waals surface area contributed by atoms with Crippen LogP contribution in [0.3, 0.4) is 0 Å². The Labute approximate surface area is 119 Å². The minimum Gasteiger partial charge on any atom is -0.400 e. The summed E-state index contributed by atoms with van der Waals surface area (Å²) < 4.78 is 21.3. The fourth-order valence-electron chi connectivity index (χ4n) is 2.19. The van der Waals surface area contributed by atoms with Gasteiger partial charge in [-0.2, -0.15) is 0 Å². The molecule has 1 saturated heterocycles. The van der Waals surface area contributed by atoms with E-state index in [1.165, 1.54) is 44.9 Å². The maximum atomic E-state index is 5.53. The molecule has 19 heavy (non-hydrogen) atoms. The molecule has 1 atom stereocenters. The predicted molar refractivity (Wildman–Crippen MR) is 78.6 cm³/mol. The van der Waals surface area contributed by atoms with Crippen LogP contribution >= 0.6 is 0 Å². The van der Waals surface area contributed by atoms with Crippen LogP contribution in [0.5, 0.6) is 0 Å². The van der Waals surface area contributed by atoms with Gasteiger partial charge in [0.15, 0.2) is 6.29 Å². The van der Waals surface area contributed by atoms with Crippen LogP contribution in [-0.4, -0.2) is 43.0 Å². The standard InChI is InChI=1S/C14H30O4Si/c1-15-19(16-2)13-9-7-5-3-4-6-8-11-17-14-10-12-18-14/h14,19H,3-13H2,1-2H3. The summed E-state index contributed by atoms with van der Waals surface area (Å²) in [4.78, 5) is 0. The van der Waals surface area contributed by atoms with Gasteiger partial charge in [-0.1, -0.05) is 38.5 Å². The lowest BCUT2D eigenvalue weighted by atomic mass is 10.1. The highest BCUT2D eigenvalue weighted by molar-refractivity contribution is 6.44. The summed E-state index contributed by atoms with van der Waals surface area (Å²) in [5, 5.41) is 0. The fraction of sp³-hybridized carbons (Fsp3) is 1.00. The topological polar surface area (TPSA) is 36.9 Å². The quantitative estimate of drug-likeness (QED) is 0.386. The zero-order chi connectivity index (χ0) is 13.8. The molecule has 0 spiro atoms. The van der Waals surface area contributed by atoms with E-state index in [9.17, 15) is 0 Å². The lowest BCUT2D eigenvalue weighted by Crippen LogP contribution is -2.29. The highest BCUT2D eigenvalue weighted by atomic mass is 28.3. The Morgan fingerprint density at radius 2 is 1.53 bits per heavy atom. The Kier molecular flexibility index (Phi) is 10.7. The summed E-state index contributed by atoms with van der Waals surface area (Å²) in [6.45, 7) is 1.74. The lowest BCUT2D eigenvalue weighted by molar-refractivity contribution is -0.214. The van der Waals surface area contributed by atoms with Crippen LogP contribution in [-0.2, 0) is 18.3 Å². The molecule has 0 aliphatic carbocycles. The van der Waals surface area contributed by atoms with E-state index in [2.05, 4.69) is 0 Å². The molecule has 1 unspecified atom stereocenters. The molecular weight excluding hydrogens is 260 g/mol. The van der Waals surface area contributed by atoms with Crippen molar-refractivity contribution in [3.05, 3.63) is 0 Å². The molecule has 1 fully saturated rings. The van der Waals surface area contributed by atoms with Crippen molar-refractivity contribution >= 4 is 9.28 Å². The number of unbranched alkanes of at least 4 members (excludes halogenated alkanes) is 6. The average Bonchev–Trinajstić information content (AvgIpc) is 2.38. The third-order valence-electron chi connectivity index (χ3n) is 3.57. The van der Waals surface area contributed by atoms with Crippen molar-refractivity contribution in [1.82, 2.24) is 0 Å². The number of rotatable bonds is 13. The summed E-state index contributed by atoms with van der Waals surface area (Å²) >= 11 is 0. The van der Waals surface area contributed by atoms with Crippen LogP contribution in [0, 0.1) is 0 Å². The van der Waals surface area contributed by atoms with Gasteiger partial charge in [0, 0.05) is 27.2 Å². The second-order valence-electron chi connectivity index (χ2n) is 5.12. The monoisotopic (exact) mass is 290 g/mol. The molecule has 0 aromatic heterocycles. The lowest BCUT2D eigenvalue weighted by Gasteiger charge is -2.26. The molecular formula is C14H30O4Si. The van der Waals surface area contributed by atoms with Gasteiger partial charge in [-0.25, -0.2) is 0 Å². The molecule has 5 heteroatoms. The molecule has 1 aliphatic heterocycles. The molecule has 0 aromatic rings. The van der Waals surface area contributed by atoms with Crippen LogP contribution in [0.2, 0.25) is 6.04 Å². The van der Waals surface area contributed by atoms with E-state index in [4.69, 9.17) is 18.3 Å². The van der Waals surface area contributed by atoms with Crippen LogP contribution in [0.25, 0.3) is 0 Å². The first-order chi connectivity index (χ1) is 9.36. The Balaban J connectivity index is 1.71. The maximum Gasteiger partial charge on any atom is 0.320 e. The molecule has 1 aliphatic rings. The second-order valence-corrected chi connectivity index (χ2v) is 7.50. The van der Waals surface area contributed by atoms with Gasteiger partial charge >= 0.3 is 9.28 Å². The van der Waals surface area contributed by atoms with E-state index in [1.54, 1.807) is 14.2 Å². The molecule has 0 amide bonds. The van der Waals surface area contributed by atoms with Gasteiger partial charge in [-0.3, -0.25) is 0 Å². The van der Waals surface area contributed by atoms with Crippen LogP contribution in [0.1, 0.15) is 51.4 Å². The minimum absolute atomic E-state index is 0.110.